The number of amides is 2. The van der Waals surface area contributed by atoms with Gasteiger partial charge in [-0.2, -0.15) is 5.10 Å². The van der Waals surface area contributed by atoms with Crippen LogP contribution in [0.1, 0.15) is 107 Å². The molecular weight excluding hydrogens is 697 g/mol. The van der Waals surface area contributed by atoms with E-state index in [1.54, 1.807) is 4.68 Å². The predicted octanol–water partition coefficient (Wildman–Crippen LogP) is 7.68. The van der Waals surface area contributed by atoms with E-state index in [1.165, 1.54) is 0 Å². The maximum absolute atomic E-state index is 13.8. The number of nitrogens with zero attached hydrogens (tertiary/aromatic N) is 6. The SMILES string of the molecule is CN1CCCC1c1nnc2ccc(OC3CCC(NC(=O)Nc4cc(C(C)(C)C)nn4-c4cccc(OCCOC5CCCCO5)c4)c4ccccc43)cn12. The highest BCUT2D eigenvalue weighted by atomic mass is 16.7. The van der Waals surface area contributed by atoms with Crippen LogP contribution in [0.3, 0.4) is 0 Å². The molecule has 2 aliphatic heterocycles. The number of rotatable bonds is 11. The Morgan fingerprint density at radius 1 is 0.909 bits per heavy atom. The molecule has 290 valence electrons. The minimum absolute atomic E-state index is 0.153. The van der Waals surface area contributed by atoms with E-state index < -0.39 is 0 Å². The normalized spacial score (nSPS) is 21.7. The molecule has 3 aromatic heterocycles. The van der Waals surface area contributed by atoms with Crippen molar-refractivity contribution in [2.75, 3.05) is 38.7 Å². The van der Waals surface area contributed by atoms with Gasteiger partial charge in [0.2, 0.25) is 0 Å². The number of fused-ring (bicyclic) bond motifs is 2. The number of benzene rings is 2. The summed E-state index contributed by atoms with van der Waals surface area (Å²) in [6.07, 6.45) is 8.47. The van der Waals surface area contributed by atoms with Gasteiger partial charge in [0.1, 0.15) is 30.0 Å². The molecule has 1 aliphatic carbocycles. The third-order valence-electron chi connectivity index (χ3n) is 10.8. The highest BCUT2D eigenvalue weighted by molar-refractivity contribution is 5.89. The Kier molecular flexibility index (Phi) is 10.8. The first-order valence-electron chi connectivity index (χ1n) is 19.6. The molecule has 8 rings (SSSR count). The van der Waals surface area contributed by atoms with E-state index in [0.29, 0.717) is 31.2 Å². The van der Waals surface area contributed by atoms with Gasteiger partial charge in [-0.3, -0.25) is 14.6 Å². The second-order valence-corrected chi connectivity index (χ2v) is 15.8. The first kappa shape index (κ1) is 37.0. The molecule has 0 radical (unpaired) electrons. The zero-order valence-electron chi connectivity index (χ0n) is 32.2. The van der Waals surface area contributed by atoms with E-state index in [-0.39, 0.29) is 35.9 Å². The van der Waals surface area contributed by atoms with Crippen molar-refractivity contribution < 1.29 is 23.7 Å². The van der Waals surface area contributed by atoms with Crippen LogP contribution in [-0.2, 0) is 14.9 Å². The van der Waals surface area contributed by atoms with Crippen molar-refractivity contribution in [3.05, 3.63) is 95.6 Å². The standard InChI is InChI=1S/C42H52N8O5/c1-42(2,3)36-26-38(50(47-36)28-11-9-12-29(25-28)52-23-24-54-39-16-7-8-22-53-39)44-41(51)43-33-18-19-35(32-14-6-5-13-31(32)33)55-30-17-20-37-45-46-40(49(37)27-30)34-15-10-21-48(34)4/h5-6,9,11-14,17,20,25-27,33-35,39H,7-8,10,15-16,18-19,21-24H2,1-4H3,(H2,43,44,51). The van der Waals surface area contributed by atoms with E-state index in [1.807, 2.05) is 60.8 Å². The summed E-state index contributed by atoms with van der Waals surface area (Å²) in [6.45, 7) is 8.95. The van der Waals surface area contributed by atoms with Crippen molar-refractivity contribution in [2.45, 2.75) is 95.6 Å². The summed E-state index contributed by atoms with van der Waals surface area (Å²) < 4.78 is 28.0. The van der Waals surface area contributed by atoms with Gasteiger partial charge in [-0.25, -0.2) is 9.48 Å². The molecule has 3 aliphatic rings. The van der Waals surface area contributed by atoms with E-state index in [9.17, 15) is 4.79 Å². The van der Waals surface area contributed by atoms with Crippen molar-refractivity contribution in [1.29, 1.82) is 0 Å². The molecule has 0 saturated carbocycles. The van der Waals surface area contributed by atoms with Crippen LogP contribution in [-0.4, -0.2) is 75.0 Å². The molecular formula is C42H52N8O5. The van der Waals surface area contributed by atoms with Crippen LogP contribution in [0.4, 0.5) is 10.6 Å². The maximum atomic E-state index is 13.8. The minimum Gasteiger partial charge on any atom is -0.491 e. The lowest BCUT2D eigenvalue weighted by Crippen LogP contribution is -2.36. The van der Waals surface area contributed by atoms with Crippen molar-refractivity contribution in [1.82, 2.24) is 34.6 Å². The molecule has 2 saturated heterocycles. The molecule has 0 spiro atoms. The number of carbonyl (C=O) groups is 1. The summed E-state index contributed by atoms with van der Waals surface area (Å²) in [4.78, 5) is 16.1. The molecule has 13 nitrogen and oxygen atoms in total. The summed E-state index contributed by atoms with van der Waals surface area (Å²) in [5.74, 6) is 2.96. The van der Waals surface area contributed by atoms with Gasteiger partial charge >= 0.3 is 6.03 Å². The molecule has 4 unspecified atom stereocenters. The Hall–Kier alpha value is -4.98. The Morgan fingerprint density at radius 2 is 1.78 bits per heavy atom. The number of likely N-dealkylation sites (tertiary alicyclic amines) is 1. The highest BCUT2D eigenvalue weighted by Crippen LogP contribution is 2.39. The Labute approximate surface area is 322 Å². The van der Waals surface area contributed by atoms with E-state index in [0.717, 1.165) is 91.4 Å². The zero-order valence-corrected chi connectivity index (χ0v) is 32.2. The number of carbonyl (C=O) groups excluding carboxylic acids is 1. The summed E-state index contributed by atoms with van der Waals surface area (Å²) in [7, 11) is 2.14. The fourth-order valence-corrected chi connectivity index (χ4v) is 7.84. The first-order valence-corrected chi connectivity index (χ1v) is 19.6. The summed E-state index contributed by atoms with van der Waals surface area (Å²) >= 11 is 0. The summed E-state index contributed by atoms with van der Waals surface area (Å²) in [5.41, 5.74) is 4.30. The van der Waals surface area contributed by atoms with E-state index in [4.69, 9.17) is 24.0 Å². The quantitative estimate of drug-likeness (QED) is 0.131. The number of nitrogens with one attached hydrogen (secondary N) is 2. The third-order valence-corrected chi connectivity index (χ3v) is 10.8. The Bertz CT molecular complexity index is 2100. The molecule has 2 fully saturated rings. The largest absolute Gasteiger partial charge is 0.491 e. The smallest absolute Gasteiger partial charge is 0.320 e. The second-order valence-electron chi connectivity index (χ2n) is 15.8. The number of ether oxygens (including phenoxy) is 4. The molecule has 0 bridgehead atoms. The van der Waals surface area contributed by atoms with Crippen LogP contribution in [0.25, 0.3) is 11.3 Å². The predicted molar refractivity (Wildman–Crippen MR) is 209 cm³/mol. The van der Waals surface area contributed by atoms with Gasteiger partial charge in [-0.05, 0) is 93.9 Å². The number of hydrogen-bond acceptors (Lipinski definition) is 9. The van der Waals surface area contributed by atoms with Gasteiger partial charge in [0.25, 0.3) is 0 Å². The van der Waals surface area contributed by atoms with Gasteiger partial charge < -0.3 is 24.3 Å². The number of aromatic nitrogens is 5. The molecule has 55 heavy (non-hydrogen) atoms. The van der Waals surface area contributed by atoms with E-state index in [2.05, 4.69) is 70.1 Å². The van der Waals surface area contributed by atoms with Crippen molar-refractivity contribution in [3.63, 3.8) is 0 Å². The lowest BCUT2D eigenvalue weighted by Gasteiger charge is -2.32. The molecule has 5 heterocycles. The van der Waals surface area contributed by atoms with Crippen LogP contribution in [0.15, 0.2) is 72.9 Å². The second kappa shape index (κ2) is 16.0. The van der Waals surface area contributed by atoms with Gasteiger partial charge in [-0.15, -0.1) is 10.2 Å². The molecule has 4 atom stereocenters. The molecule has 5 aromatic rings. The van der Waals surface area contributed by atoms with Gasteiger partial charge in [0.05, 0.1) is 36.3 Å². The monoisotopic (exact) mass is 748 g/mol. The lowest BCUT2D eigenvalue weighted by atomic mass is 9.85. The Morgan fingerprint density at radius 3 is 2.58 bits per heavy atom. The minimum atomic E-state index is -0.308. The topological polar surface area (TPSA) is 129 Å². The van der Waals surface area contributed by atoms with Crippen LogP contribution in [0.5, 0.6) is 11.5 Å². The van der Waals surface area contributed by atoms with Crippen LogP contribution >= 0.6 is 0 Å². The Balaban J connectivity index is 0.948. The van der Waals surface area contributed by atoms with Crippen molar-refractivity contribution >= 4 is 17.5 Å². The van der Waals surface area contributed by atoms with Gasteiger partial charge in [0.15, 0.2) is 17.8 Å². The zero-order chi connectivity index (χ0) is 37.9. The fourth-order valence-electron chi connectivity index (χ4n) is 7.84. The van der Waals surface area contributed by atoms with Gasteiger partial charge in [-0.1, -0.05) is 51.1 Å². The first-order chi connectivity index (χ1) is 26.7. The third kappa shape index (κ3) is 8.34. The van der Waals surface area contributed by atoms with Crippen LogP contribution in [0.2, 0.25) is 0 Å². The average molecular weight is 749 g/mol. The molecule has 2 N–H and O–H groups in total. The number of hydrogen-bond donors (Lipinski definition) is 2. The van der Waals surface area contributed by atoms with Crippen molar-refractivity contribution in [3.8, 4) is 17.2 Å². The van der Waals surface area contributed by atoms with Crippen LogP contribution < -0.4 is 20.1 Å². The highest BCUT2D eigenvalue weighted by Gasteiger charge is 2.31. The number of urea groups is 1. The molecule has 13 heteroatoms. The van der Waals surface area contributed by atoms with E-state index >= 15 is 0 Å². The molecule has 2 aromatic carbocycles. The average Bonchev–Trinajstić information content (AvgIpc) is 3.93. The summed E-state index contributed by atoms with van der Waals surface area (Å²) in [6, 6.07) is 21.5. The number of anilines is 1. The summed E-state index contributed by atoms with van der Waals surface area (Å²) in [5, 5.41) is 20.3. The fraction of sp³-hybridized carbons (Fsp3) is 0.476. The molecule has 2 amide bonds. The maximum Gasteiger partial charge on any atom is 0.320 e. The van der Waals surface area contributed by atoms with Crippen molar-refractivity contribution in [2.24, 2.45) is 0 Å². The van der Waals surface area contributed by atoms with Crippen LogP contribution in [0, 0.1) is 0 Å². The lowest BCUT2D eigenvalue weighted by molar-refractivity contribution is -0.165. The van der Waals surface area contributed by atoms with Gasteiger partial charge in [0, 0.05) is 24.2 Å². The number of pyridine rings is 1.